The molecule has 1 aromatic heterocycles. The second kappa shape index (κ2) is 9.36. The number of aliphatic hydroxyl groups is 1. The second-order valence-corrected chi connectivity index (χ2v) is 7.93. The molecule has 0 radical (unpaired) electrons. The summed E-state index contributed by atoms with van der Waals surface area (Å²) < 4.78 is 5.22. The van der Waals surface area contributed by atoms with E-state index >= 15 is 0 Å². The van der Waals surface area contributed by atoms with Crippen LogP contribution in [0, 0.1) is 0 Å². The fourth-order valence-electron chi connectivity index (χ4n) is 3.83. The molecule has 0 bridgehead atoms. The van der Waals surface area contributed by atoms with E-state index < -0.39 is 23.5 Å². The molecule has 3 aromatic rings. The van der Waals surface area contributed by atoms with Crippen LogP contribution >= 0.6 is 11.6 Å². The van der Waals surface area contributed by atoms with Crippen molar-refractivity contribution >= 4 is 46.3 Å². The molecule has 0 spiro atoms. The molecule has 34 heavy (non-hydrogen) atoms. The average Bonchev–Trinajstić information content (AvgIpc) is 3.10. The molecule has 2 N–H and O–H groups in total. The van der Waals surface area contributed by atoms with Crippen LogP contribution in [-0.2, 0) is 14.4 Å². The normalized spacial score (nSPS) is 17.0. The van der Waals surface area contributed by atoms with E-state index in [-0.39, 0.29) is 22.1 Å². The van der Waals surface area contributed by atoms with Crippen molar-refractivity contribution in [2.45, 2.75) is 13.0 Å². The number of rotatable bonds is 5. The predicted molar refractivity (Wildman–Crippen MR) is 128 cm³/mol. The molecule has 9 heteroatoms. The quantitative estimate of drug-likeness (QED) is 0.321. The van der Waals surface area contributed by atoms with Crippen molar-refractivity contribution < 1.29 is 24.2 Å². The van der Waals surface area contributed by atoms with Gasteiger partial charge in [0.25, 0.3) is 11.7 Å². The van der Waals surface area contributed by atoms with Crippen molar-refractivity contribution in [3.63, 3.8) is 0 Å². The SMILES string of the molecule is COc1ccc(Cl)c(/C(O)=C2\C(=O)C(=O)N(c3ccc(NC(C)=O)cc3)C2c2ccncc2)c1. The Morgan fingerprint density at radius 1 is 1.09 bits per heavy atom. The lowest BCUT2D eigenvalue weighted by Gasteiger charge is -2.25. The number of aliphatic hydroxyl groups excluding tert-OH is 1. The molecule has 1 atom stereocenters. The van der Waals surface area contributed by atoms with Crippen LogP contribution in [0.5, 0.6) is 5.75 Å². The lowest BCUT2D eigenvalue weighted by molar-refractivity contribution is -0.132. The smallest absolute Gasteiger partial charge is 0.300 e. The maximum Gasteiger partial charge on any atom is 0.300 e. The number of hydrogen-bond acceptors (Lipinski definition) is 6. The van der Waals surface area contributed by atoms with Gasteiger partial charge in [0.05, 0.1) is 23.7 Å². The molecule has 2 aromatic carbocycles. The van der Waals surface area contributed by atoms with E-state index in [1.807, 2.05) is 0 Å². The Hall–Kier alpha value is -4.17. The Kier molecular flexibility index (Phi) is 6.34. The topological polar surface area (TPSA) is 109 Å². The lowest BCUT2D eigenvalue weighted by Crippen LogP contribution is -2.29. The number of ketones is 1. The Bertz CT molecular complexity index is 1310. The average molecular weight is 478 g/mol. The molecule has 1 aliphatic rings. The van der Waals surface area contributed by atoms with E-state index in [0.29, 0.717) is 22.7 Å². The van der Waals surface area contributed by atoms with Gasteiger partial charge >= 0.3 is 0 Å². The molecule has 1 fully saturated rings. The Morgan fingerprint density at radius 2 is 1.76 bits per heavy atom. The highest BCUT2D eigenvalue weighted by molar-refractivity contribution is 6.52. The van der Waals surface area contributed by atoms with E-state index in [9.17, 15) is 19.5 Å². The number of hydrogen-bond donors (Lipinski definition) is 2. The standard InChI is InChI=1S/C25H20ClN3O5/c1-14(30)28-16-3-5-17(6-4-16)29-22(15-9-11-27-12-10-15)21(24(32)25(29)33)23(31)19-13-18(34-2)7-8-20(19)26/h3-13,22,31H,1-2H3,(H,28,30)/b23-21+. The van der Waals surface area contributed by atoms with Gasteiger partial charge in [0.1, 0.15) is 11.5 Å². The first-order valence-electron chi connectivity index (χ1n) is 10.2. The molecule has 2 heterocycles. The summed E-state index contributed by atoms with van der Waals surface area (Å²) in [6.07, 6.45) is 3.07. The number of carbonyl (C=O) groups is 3. The minimum atomic E-state index is -0.933. The molecule has 0 saturated carbocycles. The number of aromatic nitrogens is 1. The summed E-state index contributed by atoms with van der Waals surface area (Å²) in [5.74, 6) is -1.89. The molecule has 1 saturated heterocycles. The lowest BCUT2D eigenvalue weighted by atomic mass is 9.95. The number of anilines is 2. The molecule has 0 aliphatic carbocycles. The monoisotopic (exact) mass is 477 g/mol. The van der Waals surface area contributed by atoms with Crippen LogP contribution in [-0.4, -0.2) is 34.8 Å². The van der Waals surface area contributed by atoms with Crippen LogP contribution < -0.4 is 15.0 Å². The second-order valence-electron chi connectivity index (χ2n) is 7.52. The summed E-state index contributed by atoms with van der Waals surface area (Å²) >= 11 is 6.31. The molecule has 172 valence electrons. The van der Waals surface area contributed by atoms with Gasteiger partial charge in [0.2, 0.25) is 5.91 Å². The van der Waals surface area contributed by atoms with Crippen molar-refractivity contribution in [3.05, 3.63) is 88.7 Å². The summed E-state index contributed by atoms with van der Waals surface area (Å²) in [7, 11) is 1.47. The van der Waals surface area contributed by atoms with Crippen LogP contribution in [0.25, 0.3) is 5.76 Å². The van der Waals surface area contributed by atoms with Crippen molar-refractivity contribution in [1.29, 1.82) is 0 Å². The van der Waals surface area contributed by atoms with Crippen molar-refractivity contribution in [2.24, 2.45) is 0 Å². The largest absolute Gasteiger partial charge is 0.507 e. The third-order valence-corrected chi connectivity index (χ3v) is 5.69. The molecular weight excluding hydrogens is 458 g/mol. The number of halogens is 1. The fraction of sp³-hybridized carbons (Fsp3) is 0.120. The van der Waals surface area contributed by atoms with Gasteiger partial charge in [-0.1, -0.05) is 11.6 Å². The van der Waals surface area contributed by atoms with Crippen LogP contribution in [0.15, 0.2) is 72.6 Å². The highest BCUT2D eigenvalue weighted by Gasteiger charge is 2.47. The van der Waals surface area contributed by atoms with Crippen LogP contribution in [0.3, 0.4) is 0 Å². The fourth-order valence-corrected chi connectivity index (χ4v) is 4.03. The number of nitrogens with one attached hydrogen (secondary N) is 1. The molecule has 1 aliphatic heterocycles. The summed E-state index contributed by atoms with van der Waals surface area (Å²) in [6, 6.07) is 13.5. The number of pyridine rings is 1. The minimum absolute atomic E-state index is 0.114. The minimum Gasteiger partial charge on any atom is -0.507 e. The maximum absolute atomic E-state index is 13.2. The van der Waals surface area contributed by atoms with Gasteiger partial charge in [-0.05, 0) is 60.2 Å². The van der Waals surface area contributed by atoms with Gasteiger partial charge in [-0.2, -0.15) is 0 Å². The third kappa shape index (κ3) is 4.23. The first kappa shape index (κ1) is 23.0. The Balaban J connectivity index is 1.89. The summed E-state index contributed by atoms with van der Waals surface area (Å²) in [6.45, 7) is 1.39. The molecular formula is C25H20ClN3O5. The number of benzene rings is 2. The third-order valence-electron chi connectivity index (χ3n) is 5.36. The Labute approximate surface area is 200 Å². The first-order chi connectivity index (χ1) is 16.3. The number of carbonyl (C=O) groups excluding carboxylic acids is 3. The van der Waals surface area contributed by atoms with Crippen LogP contribution in [0.4, 0.5) is 11.4 Å². The summed E-state index contributed by atoms with van der Waals surface area (Å²) in [5.41, 5.74) is 1.57. The van der Waals surface area contributed by atoms with E-state index in [4.69, 9.17) is 16.3 Å². The number of nitrogens with zero attached hydrogens (tertiary/aromatic N) is 2. The van der Waals surface area contributed by atoms with Crippen molar-refractivity contribution in [3.8, 4) is 5.75 Å². The van der Waals surface area contributed by atoms with E-state index in [1.54, 1.807) is 42.5 Å². The Morgan fingerprint density at radius 3 is 2.38 bits per heavy atom. The summed E-state index contributed by atoms with van der Waals surface area (Å²) in [5, 5.41) is 14.1. The molecule has 1 unspecified atom stereocenters. The number of methoxy groups -OCH3 is 1. The highest BCUT2D eigenvalue weighted by Crippen LogP contribution is 2.43. The predicted octanol–water partition coefficient (Wildman–Crippen LogP) is 4.33. The van der Waals surface area contributed by atoms with Crippen molar-refractivity contribution in [1.82, 2.24) is 4.98 Å². The van der Waals surface area contributed by atoms with E-state index in [0.717, 1.165) is 0 Å². The molecule has 8 nitrogen and oxygen atoms in total. The van der Waals surface area contributed by atoms with Gasteiger partial charge in [-0.15, -0.1) is 0 Å². The molecule has 2 amide bonds. The maximum atomic E-state index is 13.2. The molecule has 4 rings (SSSR count). The van der Waals surface area contributed by atoms with Gasteiger partial charge in [-0.3, -0.25) is 24.3 Å². The van der Waals surface area contributed by atoms with E-state index in [1.165, 1.54) is 43.5 Å². The van der Waals surface area contributed by atoms with Crippen LogP contribution in [0.2, 0.25) is 5.02 Å². The highest BCUT2D eigenvalue weighted by atomic mass is 35.5. The van der Waals surface area contributed by atoms with E-state index in [2.05, 4.69) is 10.3 Å². The van der Waals surface area contributed by atoms with Crippen LogP contribution in [0.1, 0.15) is 24.1 Å². The summed E-state index contributed by atoms with van der Waals surface area (Å²) in [4.78, 5) is 43.0. The number of ether oxygens (including phenoxy) is 1. The zero-order valence-corrected chi connectivity index (χ0v) is 19.0. The van der Waals surface area contributed by atoms with Gasteiger partial charge in [0.15, 0.2) is 0 Å². The zero-order valence-electron chi connectivity index (χ0n) is 18.3. The first-order valence-corrected chi connectivity index (χ1v) is 10.6. The van der Waals surface area contributed by atoms with Gasteiger partial charge < -0.3 is 15.2 Å². The number of amides is 2. The van der Waals surface area contributed by atoms with Crippen molar-refractivity contribution in [2.75, 3.05) is 17.3 Å². The van der Waals surface area contributed by atoms with Gasteiger partial charge in [-0.25, -0.2) is 0 Å². The number of Topliss-reactive ketones (excluding diaryl/α,β-unsaturated/α-hetero) is 1. The van der Waals surface area contributed by atoms with Gasteiger partial charge in [0, 0.05) is 36.3 Å². The zero-order chi connectivity index (χ0) is 24.4.